The number of rotatable bonds is 8. The second-order valence-electron chi connectivity index (χ2n) is 8.44. The largest absolute Gasteiger partial charge is 0.462 e. The van der Waals surface area contributed by atoms with Crippen LogP contribution in [0.25, 0.3) is 0 Å². The maximum atomic E-state index is 13.3. The molecule has 1 aromatic heterocycles. The normalized spacial score (nSPS) is 17.5. The molecule has 9 heteroatoms. The van der Waals surface area contributed by atoms with Crippen molar-refractivity contribution in [2.24, 2.45) is 5.92 Å². The molecule has 0 spiro atoms. The van der Waals surface area contributed by atoms with E-state index in [9.17, 15) is 18.0 Å². The summed E-state index contributed by atoms with van der Waals surface area (Å²) >= 11 is 0. The van der Waals surface area contributed by atoms with Crippen molar-refractivity contribution < 1.29 is 22.7 Å². The highest BCUT2D eigenvalue weighted by Gasteiger charge is 2.38. The number of carbonyl (C=O) groups excluding carboxylic acids is 2. The molecule has 0 unspecified atom stereocenters. The summed E-state index contributed by atoms with van der Waals surface area (Å²) in [4.78, 5) is 31.5. The summed E-state index contributed by atoms with van der Waals surface area (Å²) in [5.41, 5.74) is 1.18. The first-order chi connectivity index (χ1) is 15.9. The van der Waals surface area contributed by atoms with Crippen molar-refractivity contribution in [2.45, 2.75) is 50.1 Å². The van der Waals surface area contributed by atoms with Crippen molar-refractivity contribution in [2.75, 3.05) is 19.7 Å². The highest BCUT2D eigenvalue weighted by atomic mass is 32.2. The fourth-order valence-electron chi connectivity index (χ4n) is 4.14. The summed E-state index contributed by atoms with van der Waals surface area (Å²) < 4.78 is 32.5. The van der Waals surface area contributed by atoms with Gasteiger partial charge in [-0.3, -0.25) is 9.78 Å². The number of benzene rings is 1. The quantitative estimate of drug-likeness (QED) is 0.549. The molecule has 1 aliphatic carbocycles. The van der Waals surface area contributed by atoms with Crippen molar-refractivity contribution in [1.82, 2.24) is 14.2 Å². The first-order valence-electron chi connectivity index (χ1n) is 11.4. The number of nitrogens with zero attached hydrogens (tertiary/aromatic N) is 3. The Hall–Kier alpha value is -2.78. The van der Waals surface area contributed by atoms with Gasteiger partial charge in [0.2, 0.25) is 15.9 Å². The lowest BCUT2D eigenvalue weighted by atomic mass is 9.96. The topological polar surface area (TPSA) is 96.9 Å². The molecule has 2 fully saturated rings. The van der Waals surface area contributed by atoms with E-state index in [1.165, 1.54) is 28.6 Å². The SMILES string of the molecule is CCOC(=O)c1ccc(S(=O)(=O)N2CCC(C(=O)N(Cc3ccccn3)C3CC3)CC2)cc1. The number of esters is 1. The number of carbonyl (C=O) groups is 2. The summed E-state index contributed by atoms with van der Waals surface area (Å²) in [6, 6.07) is 11.7. The lowest BCUT2D eigenvalue weighted by Gasteiger charge is -2.33. The zero-order chi connectivity index (χ0) is 23.4. The first kappa shape index (κ1) is 23.4. The monoisotopic (exact) mass is 471 g/mol. The molecule has 1 saturated heterocycles. The Bertz CT molecular complexity index is 1080. The molecular formula is C24H29N3O5S. The van der Waals surface area contributed by atoms with Crippen LogP contribution in [0.15, 0.2) is 53.6 Å². The summed E-state index contributed by atoms with van der Waals surface area (Å²) in [5, 5.41) is 0. The lowest BCUT2D eigenvalue weighted by Crippen LogP contribution is -2.44. The van der Waals surface area contributed by atoms with Gasteiger partial charge in [0, 0.05) is 31.2 Å². The number of piperidine rings is 1. The lowest BCUT2D eigenvalue weighted by molar-refractivity contribution is -0.138. The van der Waals surface area contributed by atoms with Crippen LogP contribution in [0.4, 0.5) is 0 Å². The smallest absolute Gasteiger partial charge is 0.338 e. The molecule has 4 rings (SSSR count). The molecule has 176 valence electrons. The van der Waals surface area contributed by atoms with Crippen LogP contribution in [-0.4, -0.2) is 60.2 Å². The summed E-state index contributed by atoms with van der Waals surface area (Å²) in [5.74, 6) is -0.572. The zero-order valence-corrected chi connectivity index (χ0v) is 19.5. The van der Waals surface area contributed by atoms with Crippen LogP contribution < -0.4 is 0 Å². The van der Waals surface area contributed by atoms with Gasteiger partial charge in [-0.05, 0) is 69.0 Å². The van der Waals surface area contributed by atoms with Crippen LogP contribution in [0.5, 0.6) is 0 Å². The van der Waals surface area contributed by atoms with Crippen LogP contribution in [0, 0.1) is 5.92 Å². The molecule has 2 aliphatic rings. The molecule has 2 aromatic rings. The minimum Gasteiger partial charge on any atom is -0.462 e. The molecule has 1 amide bonds. The third-order valence-electron chi connectivity index (χ3n) is 6.14. The maximum absolute atomic E-state index is 13.3. The Morgan fingerprint density at radius 2 is 1.76 bits per heavy atom. The maximum Gasteiger partial charge on any atom is 0.338 e. The van der Waals surface area contributed by atoms with Crippen LogP contribution in [0.2, 0.25) is 0 Å². The van der Waals surface area contributed by atoms with Gasteiger partial charge in [-0.25, -0.2) is 13.2 Å². The van der Waals surface area contributed by atoms with E-state index in [4.69, 9.17) is 4.74 Å². The predicted molar refractivity (Wildman–Crippen MR) is 122 cm³/mol. The number of hydrogen-bond acceptors (Lipinski definition) is 6. The minimum absolute atomic E-state index is 0.0963. The third-order valence-corrected chi connectivity index (χ3v) is 8.05. The summed E-state index contributed by atoms with van der Waals surface area (Å²) in [6.07, 6.45) is 4.73. The molecule has 1 aromatic carbocycles. The summed E-state index contributed by atoms with van der Waals surface area (Å²) in [7, 11) is -3.69. The molecular weight excluding hydrogens is 442 g/mol. The summed E-state index contributed by atoms with van der Waals surface area (Å²) in [6.45, 7) is 3.05. The van der Waals surface area contributed by atoms with Crippen LogP contribution >= 0.6 is 0 Å². The average molecular weight is 472 g/mol. The van der Waals surface area contributed by atoms with Crippen LogP contribution in [0.3, 0.4) is 0 Å². The van der Waals surface area contributed by atoms with Crippen LogP contribution in [0.1, 0.15) is 48.7 Å². The van der Waals surface area contributed by atoms with Crippen LogP contribution in [-0.2, 0) is 26.1 Å². The van der Waals surface area contributed by atoms with Gasteiger partial charge in [-0.2, -0.15) is 4.31 Å². The number of pyridine rings is 1. The molecule has 0 bridgehead atoms. The van der Waals surface area contributed by atoms with E-state index in [2.05, 4.69) is 4.98 Å². The van der Waals surface area contributed by atoms with Gasteiger partial charge in [0.1, 0.15) is 0 Å². The molecule has 8 nitrogen and oxygen atoms in total. The van der Waals surface area contributed by atoms with Crippen molar-refractivity contribution in [1.29, 1.82) is 0 Å². The fourth-order valence-corrected chi connectivity index (χ4v) is 5.61. The Morgan fingerprint density at radius 3 is 2.33 bits per heavy atom. The third kappa shape index (κ3) is 5.42. The van der Waals surface area contributed by atoms with Gasteiger partial charge >= 0.3 is 5.97 Å². The number of amides is 1. The van der Waals surface area contributed by atoms with Crippen molar-refractivity contribution in [3.63, 3.8) is 0 Å². The van der Waals surface area contributed by atoms with Gasteiger partial charge in [-0.1, -0.05) is 6.07 Å². The molecule has 2 heterocycles. The van der Waals surface area contributed by atoms with E-state index < -0.39 is 16.0 Å². The van der Waals surface area contributed by atoms with Gasteiger partial charge in [0.05, 0.1) is 29.3 Å². The van der Waals surface area contributed by atoms with Crippen molar-refractivity contribution in [3.8, 4) is 0 Å². The second-order valence-corrected chi connectivity index (χ2v) is 10.4. The molecule has 0 atom stereocenters. The standard InChI is InChI=1S/C24H29N3O5S/c1-2-32-24(29)19-6-10-22(11-7-19)33(30,31)26-15-12-18(13-16-26)23(28)27(21-8-9-21)17-20-5-3-4-14-25-20/h3-7,10-11,14,18,21H,2,8-9,12-13,15-17H2,1H3. The van der Waals surface area contributed by atoms with Gasteiger partial charge < -0.3 is 9.64 Å². The Balaban J connectivity index is 1.38. The highest BCUT2D eigenvalue weighted by molar-refractivity contribution is 7.89. The minimum atomic E-state index is -3.69. The molecule has 1 saturated carbocycles. The first-order valence-corrected chi connectivity index (χ1v) is 12.8. The van der Waals surface area contributed by atoms with E-state index in [0.717, 1.165) is 18.5 Å². The number of aromatic nitrogens is 1. The van der Waals surface area contributed by atoms with E-state index in [-0.39, 0.29) is 29.4 Å². The highest BCUT2D eigenvalue weighted by Crippen LogP contribution is 2.32. The van der Waals surface area contributed by atoms with Gasteiger partial charge in [-0.15, -0.1) is 0 Å². The Kier molecular flexibility index (Phi) is 7.09. The van der Waals surface area contributed by atoms with E-state index in [1.54, 1.807) is 13.1 Å². The molecule has 33 heavy (non-hydrogen) atoms. The van der Waals surface area contributed by atoms with Gasteiger partial charge in [0.15, 0.2) is 0 Å². The fraction of sp³-hybridized carbons (Fsp3) is 0.458. The zero-order valence-electron chi connectivity index (χ0n) is 18.7. The molecule has 0 radical (unpaired) electrons. The van der Waals surface area contributed by atoms with E-state index in [1.807, 2.05) is 23.1 Å². The number of ether oxygens (including phenoxy) is 1. The number of sulfonamides is 1. The predicted octanol–water partition coefficient (Wildman–Crippen LogP) is 2.85. The van der Waals surface area contributed by atoms with E-state index >= 15 is 0 Å². The van der Waals surface area contributed by atoms with Crippen molar-refractivity contribution in [3.05, 3.63) is 59.9 Å². The second kappa shape index (κ2) is 10.0. The Labute approximate surface area is 194 Å². The Morgan fingerprint density at radius 1 is 1.06 bits per heavy atom. The average Bonchev–Trinajstić information content (AvgIpc) is 3.68. The molecule has 1 aliphatic heterocycles. The van der Waals surface area contributed by atoms with Crippen molar-refractivity contribution >= 4 is 21.9 Å². The van der Waals surface area contributed by atoms with Gasteiger partial charge in [0.25, 0.3) is 0 Å². The molecule has 0 N–H and O–H groups in total. The number of hydrogen-bond donors (Lipinski definition) is 0. The van der Waals surface area contributed by atoms with E-state index in [0.29, 0.717) is 38.0 Å².